The van der Waals surface area contributed by atoms with Crippen LogP contribution in [-0.2, 0) is 0 Å². The highest BCUT2D eigenvalue weighted by Gasteiger charge is 2.08. The summed E-state index contributed by atoms with van der Waals surface area (Å²) in [5, 5.41) is 3.44. The Kier molecular flexibility index (Phi) is 5.60. The van der Waals surface area contributed by atoms with E-state index in [1.165, 1.54) is 18.6 Å². The molecule has 0 spiro atoms. The number of hydrogen-bond donors (Lipinski definition) is 1. The third kappa shape index (κ3) is 6.01. The van der Waals surface area contributed by atoms with Crippen LogP contribution in [0.5, 0.6) is 0 Å². The summed E-state index contributed by atoms with van der Waals surface area (Å²) in [5.74, 6) is -0.185. The molecule has 1 N–H and O–H groups in total. The molecule has 0 amide bonds. The molecule has 2 nitrogen and oxygen atoms in total. The van der Waals surface area contributed by atoms with E-state index in [0.29, 0.717) is 5.41 Å². The number of halogens is 1. The first kappa shape index (κ1) is 15.0. The van der Waals surface area contributed by atoms with Gasteiger partial charge in [0.05, 0.1) is 0 Å². The minimum Gasteiger partial charge on any atom is -0.373 e. The van der Waals surface area contributed by atoms with Crippen molar-refractivity contribution in [1.29, 1.82) is 0 Å². The lowest BCUT2D eigenvalue weighted by Crippen LogP contribution is -2.30. The third-order valence-corrected chi connectivity index (χ3v) is 2.94. The van der Waals surface area contributed by atoms with Gasteiger partial charge in [-0.05, 0) is 42.6 Å². The standard InChI is InChI=1S/C15H25FN2/c1-15(2,3)9-10-17-11-12-18(4)14-7-5-13(16)6-8-14/h5-8,17H,9-12H2,1-4H3. The highest BCUT2D eigenvalue weighted by molar-refractivity contribution is 5.45. The SMILES string of the molecule is CN(CCNCCC(C)(C)C)c1ccc(F)cc1. The summed E-state index contributed by atoms with van der Waals surface area (Å²) in [6.07, 6.45) is 1.17. The van der Waals surface area contributed by atoms with Crippen molar-refractivity contribution in [2.24, 2.45) is 5.41 Å². The molecule has 0 saturated heterocycles. The summed E-state index contributed by atoms with van der Waals surface area (Å²) in [4.78, 5) is 2.13. The minimum absolute atomic E-state index is 0.185. The van der Waals surface area contributed by atoms with Gasteiger partial charge in [-0.1, -0.05) is 20.8 Å². The maximum atomic E-state index is 12.8. The molecule has 18 heavy (non-hydrogen) atoms. The molecular weight excluding hydrogens is 227 g/mol. The lowest BCUT2D eigenvalue weighted by molar-refractivity contribution is 0.368. The van der Waals surface area contributed by atoms with Gasteiger partial charge in [0.2, 0.25) is 0 Å². The van der Waals surface area contributed by atoms with E-state index in [1.807, 2.05) is 19.2 Å². The van der Waals surface area contributed by atoms with Crippen molar-refractivity contribution in [3.05, 3.63) is 30.1 Å². The molecule has 102 valence electrons. The molecule has 0 aromatic heterocycles. The Bertz CT molecular complexity index is 341. The third-order valence-electron chi connectivity index (χ3n) is 2.94. The first-order chi connectivity index (χ1) is 8.38. The highest BCUT2D eigenvalue weighted by Crippen LogP contribution is 2.17. The summed E-state index contributed by atoms with van der Waals surface area (Å²) in [5.41, 5.74) is 1.43. The summed E-state index contributed by atoms with van der Waals surface area (Å²) in [6.45, 7) is 9.67. The maximum absolute atomic E-state index is 12.8. The maximum Gasteiger partial charge on any atom is 0.123 e. The molecule has 0 aliphatic rings. The second kappa shape index (κ2) is 6.74. The summed E-state index contributed by atoms with van der Waals surface area (Å²) < 4.78 is 12.8. The van der Waals surface area contributed by atoms with Crippen LogP contribution < -0.4 is 10.2 Å². The molecule has 0 bridgehead atoms. The van der Waals surface area contributed by atoms with Crippen molar-refractivity contribution in [2.45, 2.75) is 27.2 Å². The molecule has 0 unspecified atom stereocenters. The van der Waals surface area contributed by atoms with Crippen LogP contribution in [0.15, 0.2) is 24.3 Å². The van der Waals surface area contributed by atoms with Gasteiger partial charge in [-0.2, -0.15) is 0 Å². The summed E-state index contributed by atoms with van der Waals surface area (Å²) in [6, 6.07) is 6.62. The highest BCUT2D eigenvalue weighted by atomic mass is 19.1. The normalized spacial score (nSPS) is 11.6. The van der Waals surface area contributed by atoms with Gasteiger partial charge in [-0.3, -0.25) is 0 Å². The van der Waals surface area contributed by atoms with Crippen molar-refractivity contribution in [2.75, 3.05) is 31.6 Å². The van der Waals surface area contributed by atoms with Crippen LogP contribution in [0.2, 0.25) is 0 Å². The molecule has 3 heteroatoms. The molecule has 0 fully saturated rings. The molecule has 1 rings (SSSR count). The average molecular weight is 252 g/mol. The van der Waals surface area contributed by atoms with Crippen LogP contribution in [-0.4, -0.2) is 26.7 Å². The topological polar surface area (TPSA) is 15.3 Å². The Labute approximate surface area is 110 Å². The van der Waals surface area contributed by atoms with E-state index in [-0.39, 0.29) is 5.82 Å². The fourth-order valence-electron chi connectivity index (χ4n) is 1.66. The zero-order valence-electron chi connectivity index (χ0n) is 12.0. The molecule has 0 atom stereocenters. The fourth-order valence-corrected chi connectivity index (χ4v) is 1.66. The van der Waals surface area contributed by atoms with Crippen LogP contribution in [0.1, 0.15) is 27.2 Å². The number of anilines is 1. The number of likely N-dealkylation sites (N-methyl/N-ethyl adjacent to an activating group) is 1. The smallest absolute Gasteiger partial charge is 0.123 e. The van der Waals surface area contributed by atoms with Gasteiger partial charge in [0.15, 0.2) is 0 Å². The van der Waals surface area contributed by atoms with E-state index < -0.39 is 0 Å². The van der Waals surface area contributed by atoms with E-state index in [1.54, 1.807) is 0 Å². The summed E-state index contributed by atoms with van der Waals surface area (Å²) >= 11 is 0. The van der Waals surface area contributed by atoms with Gasteiger partial charge in [-0.15, -0.1) is 0 Å². The van der Waals surface area contributed by atoms with Gasteiger partial charge < -0.3 is 10.2 Å². The second-order valence-corrected chi connectivity index (χ2v) is 5.96. The van der Waals surface area contributed by atoms with E-state index in [0.717, 1.165) is 25.3 Å². The zero-order valence-corrected chi connectivity index (χ0v) is 12.0. The van der Waals surface area contributed by atoms with Crippen LogP contribution in [0.3, 0.4) is 0 Å². The quantitative estimate of drug-likeness (QED) is 0.782. The lowest BCUT2D eigenvalue weighted by Gasteiger charge is -2.21. The van der Waals surface area contributed by atoms with E-state index in [2.05, 4.69) is 31.0 Å². The molecule has 1 aromatic rings. The molecule has 0 aliphatic heterocycles. The van der Waals surface area contributed by atoms with E-state index in [4.69, 9.17) is 0 Å². The van der Waals surface area contributed by atoms with Crippen molar-refractivity contribution < 1.29 is 4.39 Å². The predicted octanol–water partition coefficient (Wildman–Crippen LogP) is 3.29. The molecule has 0 aliphatic carbocycles. The van der Waals surface area contributed by atoms with Gasteiger partial charge >= 0.3 is 0 Å². The Morgan fingerprint density at radius 2 is 1.72 bits per heavy atom. The lowest BCUT2D eigenvalue weighted by atomic mass is 9.92. The molecule has 0 radical (unpaired) electrons. The molecular formula is C15H25FN2. The Balaban J connectivity index is 2.21. The van der Waals surface area contributed by atoms with Crippen LogP contribution in [0, 0.1) is 11.2 Å². The summed E-state index contributed by atoms with van der Waals surface area (Å²) in [7, 11) is 2.03. The van der Waals surface area contributed by atoms with Crippen LogP contribution >= 0.6 is 0 Å². The van der Waals surface area contributed by atoms with Gasteiger partial charge in [-0.25, -0.2) is 4.39 Å². The first-order valence-electron chi connectivity index (χ1n) is 6.56. The number of hydrogen-bond acceptors (Lipinski definition) is 2. The number of rotatable bonds is 6. The van der Waals surface area contributed by atoms with E-state index in [9.17, 15) is 4.39 Å². The Hall–Kier alpha value is -1.09. The first-order valence-corrected chi connectivity index (χ1v) is 6.56. The van der Waals surface area contributed by atoms with Crippen molar-refractivity contribution >= 4 is 5.69 Å². The Morgan fingerprint density at radius 1 is 1.11 bits per heavy atom. The fraction of sp³-hybridized carbons (Fsp3) is 0.600. The minimum atomic E-state index is -0.185. The van der Waals surface area contributed by atoms with Gasteiger partial charge in [0.25, 0.3) is 0 Å². The number of nitrogens with one attached hydrogen (secondary N) is 1. The van der Waals surface area contributed by atoms with Gasteiger partial charge in [0, 0.05) is 25.8 Å². The number of nitrogens with zero attached hydrogens (tertiary/aromatic N) is 1. The largest absolute Gasteiger partial charge is 0.373 e. The van der Waals surface area contributed by atoms with Crippen molar-refractivity contribution in [3.8, 4) is 0 Å². The predicted molar refractivity (Wildman–Crippen MR) is 76.6 cm³/mol. The van der Waals surface area contributed by atoms with Crippen LogP contribution in [0.4, 0.5) is 10.1 Å². The Morgan fingerprint density at radius 3 is 2.28 bits per heavy atom. The van der Waals surface area contributed by atoms with E-state index >= 15 is 0 Å². The monoisotopic (exact) mass is 252 g/mol. The second-order valence-electron chi connectivity index (χ2n) is 5.96. The average Bonchev–Trinajstić information content (AvgIpc) is 2.27. The number of benzene rings is 1. The molecule has 0 heterocycles. The molecule has 1 aromatic carbocycles. The van der Waals surface area contributed by atoms with Crippen molar-refractivity contribution in [3.63, 3.8) is 0 Å². The zero-order chi connectivity index (χ0) is 13.6. The van der Waals surface area contributed by atoms with Crippen molar-refractivity contribution in [1.82, 2.24) is 5.32 Å². The van der Waals surface area contributed by atoms with Crippen LogP contribution in [0.25, 0.3) is 0 Å². The van der Waals surface area contributed by atoms with Gasteiger partial charge in [0.1, 0.15) is 5.82 Å². The molecule has 0 saturated carbocycles.